The quantitative estimate of drug-likeness (QED) is 0.691. The van der Waals surface area contributed by atoms with Crippen LogP contribution in [-0.4, -0.2) is 42.8 Å². The predicted molar refractivity (Wildman–Crippen MR) is 85.4 cm³/mol. The van der Waals surface area contributed by atoms with Gasteiger partial charge in [0.2, 0.25) is 0 Å². The number of ether oxygens (including phenoxy) is 2. The van der Waals surface area contributed by atoms with Crippen LogP contribution in [0.5, 0.6) is 11.5 Å². The molecule has 2 N–H and O–H groups in total. The molecule has 1 aromatic rings. The molecule has 0 saturated carbocycles. The summed E-state index contributed by atoms with van der Waals surface area (Å²) in [4.78, 5) is 11.2. The molecule has 5 nitrogen and oxygen atoms in total. The van der Waals surface area contributed by atoms with Gasteiger partial charge in [0.05, 0.1) is 13.7 Å². The standard InChI is InChI=1S/C15H23NO4S/c1-4-20-14-11(6-5-7-13(14)19-2)10-16-12(15(17)18)8-9-21-3/h5-7,12,16H,4,8-10H2,1-3H3,(H,17,18). The molecule has 1 atom stereocenters. The number of aliphatic carboxylic acids is 1. The van der Waals surface area contributed by atoms with Gasteiger partial charge in [0.25, 0.3) is 0 Å². The van der Waals surface area contributed by atoms with E-state index in [0.717, 1.165) is 11.3 Å². The maximum Gasteiger partial charge on any atom is 0.320 e. The Bertz CT molecular complexity index is 453. The summed E-state index contributed by atoms with van der Waals surface area (Å²) in [7, 11) is 1.59. The number of carbonyl (C=O) groups is 1. The largest absolute Gasteiger partial charge is 0.493 e. The Labute approximate surface area is 130 Å². The molecule has 0 aliphatic carbocycles. The summed E-state index contributed by atoms with van der Waals surface area (Å²) in [5, 5.41) is 12.3. The van der Waals surface area contributed by atoms with Crippen molar-refractivity contribution in [1.82, 2.24) is 5.32 Å². The molecule has 0 aromatic heterocycles. The first-order valence-electron chi connectivity index (χ1n) is 6.87. The summed E-state index contributed by atoms with van der Waals surface area (Å²) in [6.45, 7) is 2.86. The van der Waals surface area contributed by atoms with E-state index in [1.807, 2.05) is 31.4 Å². The van der Waals surface area contributed by atoms with Crippen LogP contribution < -0.4 is 14.8 Å². The van der Waals surface area contributed by atoms with Gasteiger partial charge in [-0.15, -0.1) is 0 Å². The molecule has 0 amide bonds. The number of carboxylic acid groups (broad SMARTS) is 1. The minimum Gasteiger partial charge on any atom is -0.493 e. The van der Waals surface area contributed by atoms with E-state index in [9.17, 15) is 9.90 Å². The van der Waals surface area contributed by atoms with Crippen molar-refractivity contribution in [2.45, 2.75) is 25.9 Å². The van der Waals surface area contributed by atoms with Gasteiger partial charge in [-0.05, 0) is 31.4 Å². The van der Waals surface area contributed by atoms with Gasteiger partial charge in [0, 0.05) is 12.1 Å². The highest BCUT2D eigenvalue weighted by molar-refractivity contribution is 7.98. The Morgan fingerprint density at radius 1 is 1.48 bits per heavy atom. The smallest absolute Gasteiger partial charge is 0.320 e. The van der Waals surface area contributed by atoms with E-state index in [0.29, 0.717) is 31.1 Å². The van der Waals surface area contributed by atoms with Gasteiger partial charge < -0.3 is 19.9 Å². The van der Waals surface area contributed by atoms with Crippen LogP contribution >= 0.6 is 11.8 Å². The van der Waals surface area contributed by atoms with Gasteiger partial charge in [-0.2, -0.15) is 11.8 Å². The minimum absolute atomic E-state index is 0.428. The van der Waals surface area contributed by atoms with Crippen LogP contribution in [0.15, 0.2) is 18.2 Å². The summed E-state index contributed by atoms with van der Waals surface area (Å²) in [5.41, 5.74) is 0.895. The number of benzene rings is 1. The summed E-state index contributed by atoms with van der Waals surface area (Å²) >= 11 is 1.64. The molecular formula is C15H23NO4S. The number of para-hydroxylation sites is 1. The van der Waals surface area contributed by atoms with E-state index in [-0.39, 0.29) is 0 Å². The van der Waals surface area contributed by atoms with Crippen molar-refractivity contribution in [2.24, 2.45) is 0 Å². The molecule has 0 saturated heterocycles. The van der Waals surface area contributed by atoms with E-state index < -0.39 is 12.0 Å². The third kappa shape index (κ3) is 5.47. The number of thioether (sulfide) groups is 1. The number of rotatable bonds is 10. The van der Waals surface area contributed by atoms with Crippen molar-refractivity contribution in [2.75, 3.05) is 25.7 Å². The second-order valence-corrected chi connectivity index (χ2v) is 5.42. The van der Waals surface area contributed by atoms with E-state index in [1.165, 1.54) is 0 Å². The summed E-state index contributed by atoms with van der Waals surface area (Å²) in [6, 6.07) is 5.05. The number of methoxy groups -OCH3 is 1. The molecule has 0 fully saturated rings. The van der Waals surface area contributed by atoms with E-state index in [1.54, 1.807) is 18.9 Å². The Kier molecular flexibility index (Phi) is 8.00. The van der Waals surface area contributed by atoms with Crippen molar-refractivity contribution < 1.29 is 19.4 Å². The summed E-state index contributed by atoms with van der Waals surface area (Å²) < 4.78 is 10.9. The number of hydrogen-bond acceptors (Lipinski definition) is 5. The Morgan fingerprint density at radius 2 is 2.24 bits per heavy atom. The first-order chi connectivity index (χ1) is 10.1. The third-order valence-electron chi connectivity index (χ3n) is 3.02. The lowest BCUT2D eigenvalue weighted by Crippen LogP contribution is -2.36. The molecule has 21 heavy (non-hydrogen) atoms. The second-order valence-electron chi connectivity index (χ2n) is 4.43. The molecule has 1 unspecified atom stereocenters. The van der Waals surface area contributed by atoms with E-state index in [4.69, 9.17) is 9.47 Å². The maximum atomic E-state index is 11.2. The van der Waals surface area contributed by atoms with E-state index >= 15 is 0 Å². The number of nitrogens with one attached hydrogen (secondary N) is 1. The van der Waals surface area contributed by atoms with Crippen molar-refractivity contribution >= 4 is 17.7 Å². The van der Waals surface area contributed by atoms with Crippen LogP contribution in [0.1, 0.15) is 18.9 Å². The normalized spacial score (nSPS) is 12.0. The number of carboxylic acids is 1. The van der Waals surface area contributed by atoms with E-state index in [2.05, 4.69) is 5.32 Å². The van der Waals surface area contributed by atoms with Gasteiger partial charge in [-0.25, -0.2) is 0 Å². The first-order valence-corrected chi connectivity index (χ1v) is 8.27. The zero-order valence-corrected chi connectivity index (χ0v) is 13.5. The van der Waals surface area contributed by atoms with Gasteiger partial charge >= 0.3 is 5.97 Å². The Hall–Kier alpha value is -1.40. The highest BCUT2D eigenvalue weighted by Gasteiger charge is 2.18. The molecule has 1 rings (SSSR count). The molecular weight excluding hydrogens is 290 g/mol. The van der Waals surface area contributed by atoms with Gasteiger partial charge in [-0.3, -0.25) is 4.79 Å². The lowest BCUT2D eigenvalue weighted by molar-refractivity contribution is -0.139. The molecule has 1 aromatic carbocycles. The maximum absolute atomic E-state index is 11.2. The lowest BCUT2D eigenvalue weighted by Gasteiger charge is -2.17. The Balaban J connectivity index is 2.79. The third-order valence-corrected chi connectivity index (χ3v) is 3.66. The monoisotopic (exact) mass is 313 g/mol. The summed E-state index contributed by atoms with van der Waals surface area (Å²) in [6.07, 6.45) is 2.55. The van der Waals surface area contributed by atoms with Crippen LogP contribution in [0.2, 0.25) is 0 Å². The lowest BCUT2D eigenvalue weighted by atomic mass is 10.1. The van der Waals surface area contributed by atoms with Gasteiger partial charge in [-0.1, -0.05) is 12.1 Å². The second kappa shape index (κ2) is 9.52. The molecule has 0 heterocycles. The van der Waals surface area contributed by atoms with Crippen LogP contribution in [0.3, 0.4) is 0 Å². The fraction of sp³-hybridized carbons (Fsp3) is 0.533. The van der Waals surface area contributed by atoms with Crippen LogP contribution in [0.4, 0.5) is 0 Å². The minimum atomic E-state index is -0.829. The van der Waals surface area contributed by atoms with Crippen LogP contribution in [0.25, 0.3) is 0 Å². The van der Waals surface area contributed by atoms with Crippen LogP contribution in [-0.2, 0) is 11.3 Å². The average Bonchev–Trinajstić information content (AvgIpc) is 2.48. The molecule has 0 aliphatic heterocycles. The topological polar surface area (TPSA) is 67.8 Å². The average molecular weight is 313 g/mol. The van der Waals surface area contributed by atoms with Crippen molar-refractivity contribution in [3.8, 4) is 11.5 Å². The first kappa shape index (κ1) is 17.7. The fourth-order valence-electron chi connectivity index (χ4n) is 1.95. The molecule has 118 valence electrons. The predicted octanol–water partition coefficient (Wildman–Crippen LogP) is 2.39. The SMILES string of the molecule is CCOc1c(CNC(CCSC)C(=O)O)cccc1OC. The van der Waals surface area contributed by atoms with Crippen molar-refractivity contribution in [3.63, 3.8) is 0 Å². The highest BCUT2D eigenvalue weighted by atomic mass is 32.2. The molecule has 0 aliphatic rings. The highest BCUT2D eigenvalue weighted by Crippen LogP contribution is 2.31. The van der Waals surface area contributed by atoms with Crippen molar-refractivity contribution in [1.29, 1.82) is 0 Å². The summed E-state index contributed by atoms with van der Waals surface area (Å²) in [5.74, 6) is 1.31. The van der Waals surface area contributed by atoms with Crippen molar-refractivity contribution in [3.05, 3.63) is 23.8 Å². The fourth-order valence-corrected chi connectivity index (χ4v) is 2.42. The van der Waals surface area contributed by atoms with Gasteiger partial charge in [0.15, 0.2) is 11.5 Å². The van der Waals surface area contributed by atoms with Crippen LogP contribution in [0, 0.1) is 0 Å². The number of hydrogen-bond donors (Lipinski definition) is 2. The Morgan fingerprint density at radius 3 is 2.81 bits per heavy atom. The zero-order valence-electron chi connectivity index (χ0n) is 12.7. The van der Waals surface area contributed by atoms with Gasteiger partial charge in [0.1, 0.15) is 6.04 Å². The molecule has 0 radical (unpaired) electrons. The zero-order chi connectivity index (χ0) is 15.7. The molecule has 0 bridgehead atoms. The molecule has 0 spiro atoms. The molecule has 6 heteroatoms.